The molecule has 4 aromatic rings. The first-order chi connectivity index (χ1) is 16.8. The molecule has 0 bridgehead atoms. The molecule has 2 aliphatic rings. The quantitative estimate of drug-likeness (QED) is 0.471. The van der Waals surface area contributed by atoms with Crippen molar-refractivity contribution in [2.24, 2.45) is 0 Å². The van der Waals surface area contributed by atoms with Crippen LogP contribution in [-0.2, 0) is 24.2 Å². The minimum Gasteiger partial charge on any atom is -0.457 e. The van der Waals surface area contributed by atoms with Crippen molar-refractivity contribution in [2.75, 3.05) is 6.54 Å². The lowest BCUT2D eigenvalue weighted by Gasteiger charge is -2.27. The van der Waals surface area contributed by atoms with Crippen LogP contribution in [0, 0.1) is 0 Å². The molecule has 6 nitrogen and oxygen atoms in total. The summed E-state index contributed by atoms with van der Waals surface area (Å²) >= 11 is 0. The third kappa shape index (κ3) is 3.65. The van der Waals surface area contributed by atoms with Crippen molar-refractivity contribution in [2.45, 2.75) is 38.1 Å². The summed E-state index contributed by atoms with van der Waals surface area (Å²) in [6.45, 7) is 1.16. The number of para-hydroxylation sites is 2. The lowest BCUT2D eigenvalue weighted by atomic mass is 9.87. The van der Waals surface area contributed by atoms with Gasteiger partial charge in [-0.3, -0.25) is 14.5 Å². The smallest absolute Gasteiger partial charge is 0.232 e. The second-order valence-corrected chi connectivity index (χ2v) is 8.84. The summed E-state index contributed by atoms with van der Waals surface area (Å²) in [5, 5.41) is 8.13. The van der Waals surface area contributed by atoms with Gasteiger partial charge in [0.25, 0.3) is 0 Å². The molecule has 0 radical (unpaired) electrons. The van der Waals surface area contributed by atoms with E-state index in [4.69, 9.17) is 9.84 Å². The van der Waals surface area contributed by atoms with E-state index in [1.54, 1.807) is 0 Å². The summed E-state index contributed by atoms with van der Waals surface area (Å²) in [5.74, 6) is 1.08. The molecule has 2 aromatic carbocycles. The number of hydrogen-bond donors (Lipinski definition) is 1. The second-order valence-electron chi connectivity index (χ2n) is 8.84. The fourth-order valence-corrected chi connectivity index (χ4v) is 5.18. The van der Waals surface area contributed by atoms with E-state index in [-0.39, 0.29) is 11.8 Å². The molecule has 34 heavy (non-hydrogen) atoms. The summed E-state index contributed by atoms with van der Waals surface area (Å²) in [4.78, 5) is 17.6. The van der Waals surface area contributed by atoms with Crippen LogP contribution >= 0.6 is 0 Å². The lowest BCUT2D eigenvalue weighted by molar-refractivity contribution is -0.121. The summed E-state index contributed by atoms with van der Waals surface area (Å²) in [7, 11) is 0. The Balaban J connectivity index is 1.23. The largest absolute Gasteiger partial charge is 0.457 e. The molecule has 0 unspecified atom stereocenters. The average Bonchev–Trinajstić information content (AvgIpc) is 3.26. The topological polar surface area (TPSA) is 69.0 Å². The van der Waals surface area contributed by atoms with Crippen molar-refractivity contribution in [3.8, 4) is 22.8 Å². The van der Waals surface area contributed by atoms with Crippen molar-refractivity contribution in [1.82, 2.24) is 20.1 Å². The minimum atomic E-state index is -0.389. The highest BCUT2D eigenvalue weighted by molar-refractivity contribution is 5.89. The number of carbonyl (C=O) groups is 1. The van der Waals surface area contributed by atoms with Crippen LogP contribution in [0.4, 0.5) is 0 Å². The SMILES string of the molecule is O=C(NCCn1nc(-c2ccncc2)c2c1CCCC2)C1c2ccccc2Oc2ccccc21. The number of amides is 1. The van der Waals surface area contributed by atoms with Crippen LogP contribution < -0.4 is 10.1 Å². The molecule has 1 N–H and O–H groups in total. The number of fused-ring (bicyclic) bond motifs is 3. The first-order valence-corrected chi connectivity index (χ1v) is 11.9. The van der Waals surface area contributed by atoms with Gasteiger partial charge < -0.3 is 10.1 Å². The zero-order valence-electron chi connectivity index (χ0n) is 18.9. The Hall–Kier alpha value is -3.93. The predicted octanol–water partition coefficient (Wildman–Crippen LogP) is 4.88. The van der Waals surface area contributed by atoms with Crippen LogP contribution in [0.3, 0.4) is 0 Å². The van der Waals surface area contributed by atoms with Gasteiger partial charge in [-0.05, 0) is 49.9 Å². The van der Waals surface area contributed by atoms with E-state index in [0.29, 0.717) is 13.1 Å². The van der Waals surface area contributed by atoms with E-state index in [2.05, 4.69) is 15.0 Å². The number of nitrogens with zero attached hydrogens (tertiary/aromatic N) is 3. The number of pyridine rings is 1. The van der Waals surface area contributed by atoms with Gasteiger partial charge in [0, 0.05) is 46.9 Å². The number of ether oxygens (including phenoxy) is 1. The van der Waals surface area contributed by atoms with Gasteiger partial charge in [0.15, 0.2) is 0 Å². The maximum Gasteiger partial charge on any atom is 0.232 e. The van der Waals surface area contributed by atoms with Gasteiger partial charge in [-0.2, -0.15) is 5.10 Å². The molecule has 0 fully saturated rings. The maximum atomic E-state index is 13.4. The normalized spacial score (nSPS) is 14.5. The Morgan fingerprint density at radius 3 is 2.35 bits per heavy atom. The third-order valence-corrected chi connectivity index (χ3v) is 6.78. The van der Waals surface area contributed by atoms with E-state index in [9.17, 15) is 4.79 Å². The summed E-state index contributed by atoms with van der Waals surface area (Å²) in [6, 6.07) is 19.6. The monoisotopic (exact) mass is 450 g/mol. The standard InChI is InChI=1S/C28H26N4O2/c33-28(26-21-8-2-5-11-24(21)34-25-12-6-3-9-22(25)26)30-17-18-32-23-10-4-1-7-20(23)27(31-32)19-13-15-29-16-14-19/h2-3,5-6,8-9,11-16,26H,1,4,7,10,17-18H2,(H,30,33). The molecule has 0 saturated carbocycles. The maximum absolute atomic E-state index is 13.4. The Morgan fingerprint density at radius 1 is 0.941 bits per heavy atom. The molecule has 1 aliphatic heterocycles. The van der Waals surface area contributed by atoms with Gasteiger partial charge in [-0.25, -0.2) is 0 Å². The Labute approximate surface area is 198 Å². The zero-order valence-corrected chi connectivity index (χ0v) is 18.9. The van der Waals surface area contributed by atoms with Crippen LogP contribution in [0.2, 0.25) is 0 Å². The average molecular weight is 451 g/mol. The van der Waals surface area contributed by atoms with Gasteiger partial charge in [0.2, 0.25) is 5.91 Å². The molecule has 6 rings (SSSR count). The predicted molar refractivity (Wildman–Crippen MR) is 130 cm³/mol. The molecule has 0 spiro atoms. The molecular formula is C28H26N4O2. The molecule has 1 amide bonds. The molecular weight excluding hydrogens is 424 g/mol. The number of carbonyl (C=O) groups excluding carboxylic acids is 1. The molecule has 0 saturated heterocycles. The van der Waals surface area contributed by atoms with Crippen LogP contribution in [-0.4, -0.2) is 27.2 Å². The van der Waals surface area contributed by atoms with Crippen LogP contribution in [0.1, 0.15) is 41.1 Å². The second kappa shape index (κ2) is 8.78. The number of hydrogen-bond acceptors (Lipinski definition) is 4. The molecule has 2 aromatic heterocycles. The number of aromatic nitrogens is 3. The highest BCUT2D eigenvalue weighted by atomic mass is 16.5. The van der Waals surface area contributed by atoms with Crippen molar-refractivity contribution in [3.05, 3.63) is 95.4 Å². The molecule has 3 heterocycles. The van der Waals surface area contributed by atoms with Crippen LogP contribution in [0.15, 0.2) is 73.1 Å². The lowest BCUT2D eigenvalue weighted by Crippen LogP contribution is -2.34. The molecule has 170 valence electrons. The minimum absolute atomic E-state index is 0.0152. The van der Waals surface area contributed by atoms with E-state index < -0.39 is 0 Å². The summed E-state index contributed by atoms with van der Waals surface area (Å²) < 4.78 is 8.13. The van der Waals surface area contributed by atoms with Crippen molar-refractivity contribution in [1.29, 1.82) is 0 Å². The van der Waals surface area contributed by atoms with Crippen molar-refractivity contribution < 1.29 is 9.53 Å². The summed E-state index contributed by atoms with van der Waals surface area (Å²) in [5.41, 5.74) is 6.59. The molecule has 6 heteroatoms. The number of nitrogens with one attached hydrogen (secondary N) is 1. The Bertz CT molecular complexity index is 1300. The van der Waals surface area contributed by atoms with Gasteiger partial charge in [-0.15, -0.1) is 0 Å². The fraction of sp³-hybridized carbons (Fsp3) is 0.250. The third-order valence-electron chi connectivity index (χ3n) is 6.78. The van der Waals surface area contributed by atoms with Crippen molar-refractivity contribution >= 4 is 5.91 Å². The van der Waals surface area contributed by atoms with Crippen LogP contribution in [0.25, 0.3) is 11.3 Å². The first-order valence-electron chi connectivity index (χ1n) is 11.9. The first kappa shape index (κ1) is 20.7. The van der Waals surface area contributed by atoms with Crippen LogP contribution in [0.5, 0.6) is 11.5 Å². The highest BCUT2D eigenvalue weighted by Crippen LogP contribution is 2.43. The number of rotatable bonds is 5. The molecule has 1 aliphatic carbocycles. The van der Waals surface area contributed by atoms with E-state index in [0.717, 1.165) is 46.7 Å². The van der Waals surface area contributed by atoms with Gasteiger partial charge in [0.05, 0.1) is 18.2 Å². The van der Waals surface area contributed by atoms with E-state index in [1.807, 2.05) is 73.1 Å². The zero-order chi connectivity index (χ0) is 22.9. The Kier molecular flexibility index (Phi) is 5.34. The van der Waals surface area contributed by atoms with Gasteiger partial charge in [0.1, 0.15) is 11.5 Å². The number of benzene rings is 2. The Morgan fingerprint density at radius 2 is 1.62 bits per heavy atom. The van der Waals surface area contributed by atoms with Gasteiger partial charge in [-0.1, -0.05) is 36.4 Å². The highest BCUT2D eigenvalue weighted by Gasteiger charge is 2.32. The summed E-state index contributed by atoms with van der Waals surface area (Å²) in [6.07, 6.45) is 8.07. The fourth-order valence-electron chi connectivity index (χ4n) is 5.18. The van der Waals surface area contributed by atoms with Gasteiger partial charge >= 0.3 is 0 Å². The van der Waals surface area contributed by atoms with E-state index in [1.165, 1.54) is 24.1 Å². The molecule has 0 atom stereocenters. The van der Waals surface area contributed by atoms with Crippen molar-refractivity contribution in [3.63, 3.8) is 0 Å². The van der Waals surface area contributed by atoms with E-state index >= 15 is 0 Å².